The summed E-state index contributed by atoms with van der Waals surface area (Å²) in [6.07, 6.45) is 0. The van der Waals surface area contributed by atoms with Crippen LogP contribution in [0.25, 0.3) is 5.32 Å². The molecule has 0 atom stereocenters. The van der Waals surface area contributed by atoms with Crippen LogP contribution in [0.1, 0.15) is 41.5 Å². The summed E-state index contributed by atoms with van der Waals surface area (Å²) in [6.45, 7) is 13.1. The molecule has 4 nitrogen and oxygen atoms in total. The first-order chi connectivity index (χ1) is 6.99. The molecule has 0 aromatic heterocycles. The zero-order valence-corrected chi connectivity index (χ0v) is 14.6. The molecule has 1 saturated heterocycles. The maximum atomic E-state index is 11.3. The van der Waals surface area contributed by atoms with Crippen LogP contribution in [0.15, 0.2) is 0 Å². The minimum atomic E-state index is -0.850. The van der Waals surface area contributed by atoms with Gasteiger partial charge in [0.05, 0.1) is 0 Å². The molecule has 0 saturated carbocycles. The van der Waals surface area contributed by atoms with E-state index in [1.165, 1.54) is 0 Å². The minimum Gasteiger partial charge on any atom is -0.655 e. The molecule has 1 aliphatic heterocycles. The molecule has 1 radical (unpaired) electrons. The van der Waals surface area contributed by atoms with Gasteiger partial charge in [0.2, 0.25) is 0 Å². The number of aliphatic carboxylic acids is 1. The Balaban J connectivity index is 0.00000256. The molecule has 1 rings (SSSR count). The van der Waals surface area contributed by atoms with Crippen LogP contribution >= 0.6 is 0 Å². The maximum Gasteiger partial charge on any atom is 0.323 e. The number of hydrogen-bond acceptors (Lipinski definition) is 2. The Hall–Kier alpha value is 0.494. The Kier molecular flexibility index (Phi) is 5.39. The molecule has 97 valence electrons. The van der Waals surface area contributed by atoms with E-state index in [0.29, 0.717) is 13.1 Å². The van der Waals surface area contributed by atoms with Gasteiger partial charge >= 0.3 is 5.97 Å². The second kappa shape index (κ2) is 5.24. The van der Waals surface area contributed by atoms with Gasteiger partial charge < -0.3 is 10.4 Å². The third-order valence-corrected chi connectivity index (χ3v) is 3.37. The summed E-state index contributed by atoms with van der Waals surface area (Å²) < 4.78 is 0. The topological polar surface area (TPSA) is 54.6 Å². The van der Waals surface area contributed by atoms with Crippen LogP contribution < -0.4 is 0 Å². The van der Waals surface area contributed by atoms with Gasteiger partial charge in [0.25, 0.3) is 0 Å². The van der Waals surface area contributed by atoms with Crippen molar-refractivity contribution >= 4 is 5.97 Å². The zero-order chi connectivity index (χ0) is 12.8. The van der Waals surface area contributed by atoms with Crippen molar-refractivity contribution in [3.8, 4) is 0 Å². The van der Waals surface area contributed by atoms with Gasteiger partial charge in [0, 0.05) is 32.7 Å². The normalized spacial score (nSPS) is 23.9. The smallest absolute Gasteiger partial charge is 0.323 e. The maximum absolute atomic E-state index is 11.3. The van der Waals surface area contributed by atoms with Crippen LogP contribution in [0.5, 0.6) is 0 Å². The van der Waals surface area contributed by atoms with Gasteiger partial charge in [0.1, 0.15) is 5.54 Å². The van der Waals surface area contributed by atoms with E-state index in [1.54, 1.807) is 13.8 Å². The zero-order valence-electron chi connectivity index (χ0n) is 11.7. The van der Waals surface area contributed by atoms with Crippen LogP contribution in [-0.2, 0) is 37.5 Å². The van der Waals surface area contributed by atoms with Crippen molar-refractivity contribution in [3.05, 3.63) is 5.32 Å². The molecule has 1 aliphatic rings. The molecule has 0 bridgehead atoms. The fourth-order valence-corrected chi connectivity index (χ4v) is 2.21. The van der Waals surface area contributed by atoms with Crippen LogP contribution in [0.4, 0.5) is 0 Å². The number of nitrogens with zero attached hydrogens (tertiary/aromatic N) is 2. The number of hydrogen-bond donors (Lipinski definition) is 1. The Morgan fingerprint density at radius 1 is 1.29 bits per heavy atom. The third kappa shape index (κ3) is 3.73. The van der Waals surface area contributed by atoms with Gasteiger partial charge in [-0.25, -0.2) is 0 Å². The molecular formula is C12H23N2O2Y-. The van der Waals surface area contributed by atoms with E-state index >= 15 is 0 Å². The number of carboxylic acid groups (broad SMARTS) is 1. The van der Waals surface area contributed by atoms with E-state index in [0.717, 1.165) is 0 Å². The first kappa shape index (κ1) is 17.5. The van der Waals surface area contributed by atoms with Gasteiger partial charge in [0.15, 0.2) is 0 Å². The Morgan fingerprint density at radius 2 is 1.76 bits per heavy atom. The van der Waals surface area contributed by atoms with Crippen molar-refractivity contribution in [2.24, 2.45) is 0 Å². The SMILES string of the molecule is CC1(C)CN(C(C)(C)C(=[18O])[18OH])C(C)(C)C[N-]1.[Y]. The van der Waals surface area contributed by atoms with Gasteiger partial charge in [-0.1, -0.05) is 13.8 Å². The molecule has 1 N–H and O–H groups in total. The molecular weight excluding hydrogens is 297 g/mol. The second-order valence-corrected chi connectivity index (χ2v) is 6.39. The molecule has 0 unspecified atom stereocenters. The number of rotatable bonds is 2. The Morgan fingerprint density at radius 3 is 2.18 bits per heavy atom. The van der Waals surface area contributed by atoms with Gasteiger partial charge in [-0.15, -0.1) is 12.1 Å². The van der Waals surface area contributed by atoms with Crippen molar-refractivity contribution in [2.45, 2.75) is 58.2 Å². The van der Waals surface area contributed by atoms with Crippen LogP contribution in [-0.4, -0.2) is 45.7 Å². The fraction of sp³-hybridized carbons (Fsp3) is 0.917. The summed E-state index contributed by atoms with van der Waals surface area (Å²) in [4.78, 5) is 13.4. The van der Waals surface area contributed by atoms with E-state index in [1.807, 2.05) is 13.8 Å². The van der Waals surface area contributed by atoms with Crippen LogP contribution in [0.2, 0.25) is 0 Å². The predicted molar refractivity (Wildman–Crippen MR) is 64.8 cm³/mol. The van der Waals surface area contributed by atoms with E-state index in [2.05, 4.69) is 24.1 Å². The van der Waals surface area contributed by atoms with Crippen molar-refractivity contribution in [2.75, 3.05) is 13.1 Å². The summed E-state index contributed by atoms with van der Waals surface area (Å²) in [7, 11) is 0. The molecule has 0 aromatic rings. The summed E-state index contributed by atoms with van der Waals surface area (Å²) in [5.41, 5.74) is -1.21. The quantitative estimate of drug-likeness (QED) is 0.793. The van der Waals surface area contributed by atoms with E-state index in [4.69, 9.17) is 0 Å². The van der Waals surface area contributed by atoms with Gasteiger partial charge in [-0.05, 0) is 39.8 Å². The molecule has 1 fully saturated rings. The first-order valence-corrected chi connectivity index (χ1v) is 5.69. The molecule has 0 aliphatic carbocycles. The van der Waals surface area contributed by atoms with Crippen molar-refractivity contribution in [1.82, 2.24) is 4.90 Å². The van der Waals surface area contributed by atoms with E-state index < -0.39 is 11.5 Å². The molecule has 5 heteroatoms. The molecule has 0 amide bonds. The molecule has 0 spiro atoms. The summed E-state index contributed by atoms with van der Waals surface area (Å²) in [5, 5.41) is 13.9. The largest absolute Gasteiger partial charge is 0.655 e. The number of piperazine rings is 1. The number of carbonyl (C=O) groups is 1. The summed E-state index contributed by atoms with van der Waals surface area (Å²) in [5.74, 6) is -0.779. The van der Waals surface area contributed by atoms with Crippen LogP contribution in [0.3, 0.4) is 0 Å². The molecule has 1 heterocycles. The monoisotopic (exact) mass is 320 g/mol. The Labute approximate surface area is 129 Å². The van der Waals surface area contributed by atoms with Crippen LogP contribution in [0, 0.1) is 0 Å². The van der Waals surface area contributed by atoms with Crippen molar-refractivity contribution in [1.29, 1.82) is 0 Å². The average molecular weight is 320 g/mol. The number of carboxylic acids is 1. The van der Waals surface area contributed by atoms with Crippen molar-refractivity contribution in [3.63, 3.8) is 0 Å². The standard InChI is InChI=1S/C12H23N2O2.Y/c1-10(2)8-14(11(3,4)7-13-10)12(5,6)9(15)16;/h7-8H2,1-6H3,(H,15,16);/q-1;/i15+2,16+2;. The Bertz CT molecular complexity index is 301. The predicted octanol–water partition coefficient (Wildman–Crippen LogP) is 2.09. The third-order valence-electron chi connectivity index (χ3n) is 3.37. The average Bonchev–Trinajstić information content (AvgIpc) is 2.09. The van der Waals surface area contributed by atoms with E-state index in [-0.39, 0.29) is 43.8 Å². The summed E-state index contributed by atoms with van der Waals surface area (Å²) >= 11 is 0. The van der Waals surface area contributed by atoms with Gasteiger partial charge in [-0.2, -0.15) is 0 Å². The second-order valence-electron chi connectivity index (χ2n) is 6.39. The molecule has 0 aromatic carbocycles. The minimum absolute atomic E-state index is 0. The fourth-order valence-electron chi connectivity index (χ4n) is 2.21. The van der Waals surface area contributed by atoms with Crippen molar-refractivity contribution < 1.29 is 42.6 Å². The molecule has 17 heavy (non-hydrogen) atoms. The first-order valence-electron chi connectivity index (χ1n) is 5.69. The van der Waals surface area contributed by atoms with E-state index in [9.17, 15) is 9.90 Å². The van der Waals surface area contributed by atoms with Gasteiger partial charge in [-0.3, -0.25) is 9.69 Å². The summed E-state index contributed by atoms with van der Waals surface area (Å²) in [6, 6.07) is 0.